The van der Waals surface area contributed by atoms with Crippen LogP contribution in [0.15, 0.2) is 24.3 Å². The molecule has 0 saturated heterocycles. The molecule has 0 aliphatic rings. The van der Waals surface area contributed by atoms with Gasteiger partial charge in [0.2, 0.25) is 5.91 Å². The summed E-state index contributed by atoms with van der Waals surface area (Å²) in [6.07, 6.45) is 0. The summed E-state index contributed by atoms with van der Waals surface area (Å²) in [6.45, 7) is 6.03. The maximum Gasteiger partial charge on any atom is 0.241 e. The molecule has 1 amide bonds. The van der Waals surface area contributed by atoms with Gasteiger partial charge in [-0.2, -0.15) is 0 Å². The first-order valence-corrected chi connectivity index (χ1v) is 7.34. The highest BCUT2D eigenvalue weighted by Gasteiger charge is 2.19. The molecule has 0 heterocycles. The third-order valence-electron chi connectivity index (χ3n) is 3.35. The molecule has 0 spiro atoms. The second-order valence-corrected chi connectivity index (χ2v) is 5.17. The molecular formula is C15H23N3O2S. The van der Waals surface area contributed by atoms with Gasteiger partial charge in [-0.25, -0.2) is 0 Å². The van der Waals surface area contributed by atoms with Gasteiger partial charge >= 0.3 is 0 Å². The Labute approximate surface area is 131 Å². The lowest BCUT2D eigenvalue weighted by atomic mass is 10.2. The van der Waals surface area contributed by atoms with Crippen molar-refractivity contribution in [2.75, 3.05) is 32.1 Å². The van der Waals surface area contributed by atoms with Crippen molar-refractivity contribution in [3.63, 3.8) is 0 Å². The number of ether oxygens (including phenoxy) is 1. The van der Waals surface area contributed by atoms with Crippen molar-refractivity contribution in [2.24, 2.45) is 5.73 Å². The number of anilines is 1. The summed E-state index contributed by atoms with van der Waals surface area (Å²) in [5.74, 6) is -0.0453. The van der Waals surface area contributed by atoms with Crippen LogP contribution in [0.1, 0.15) is 19.4 Å². The van der Waals surface area contributed by atoms with Gasteiger partial charge in [0.05, 0.1) is 12.6 Å². The van der Waals surface area contributed by atoms with Gasteiger partial charge in [0, 0.05) is 24.9 Å². The predicted molar refractivity (Wildman–Crippen MR) is 89.5 cm³/mol. The Morgan fingerprint density at radius 1 is 1.43 bits per heavy atom. The highest BCUT2D eigenvalue weighted by molar-refractivity contribution is 7.80. The van der Waals surface area contributed by atoms with Gasteiger partial charge < -0.3 is 15.8 Å². The molecule has 21 heavy (non-hydrogen) atoms. The molecule has 0 radical (unpaired) electrons. The number of benzene rings is 1. The van der Waals surface area contributed by atoms with E-state index in [-0.39, 0.29) is 11.9 Å². The normalized spacial score (nSPS) is 12.2. The van der Waals surface area contributed by atoms with Crippen molar-refractivity contribution in [1.29, 1.82) is 0 Å². The third kappa shape index (κ3) is 5.41. The first-order valence-electron chi connectivity index (χ1n) is 6.93. The van der Waals surface area contributed by atoms with E-state index >= 15 is 0 Å². The minimum Gasteiger partial charge on any atom is -0.389 e. The number of carbonyl (C=O) groups is 1. The van der Waals surface area contributed by atoms with Crippen molar-refractivity contribution in [3.8, 4) is 0 Å². The van der Waals surface area contributed by atoms with Crippen LogP contribution in [0.4, 0.5) is 5.69 Å². The van der Waals surface area contributed by atoms with E-state index in [4.69, 9.17) is 22.7 Å². The van der Waals surface area contributed by atoms with Gasteiger partial charge in [0.25, 0.3) is 0 Å². The van der Waals surface area contributed by atoms with E-state index in [9.17, 15) is 4.79 Å². The summed E-state index contributed by atoms with van der Waals surface area (Å²) in [5.41, 5.74) is 7.06. The van der Waals surface area contributed by atoms with Crippen LogP contribution in [0.3, 0.4) is 0 Å². The number of carbonyl (C=O) groups excluding carboxylic acids is 1. The molecule has 1 aromatic rings. The molecule has 1 rings (SSSR count). The predicted octanol–water partition coefficient (Wildman–Crippen LogP) is 1.62. The van der Waals surface area contributed by atoms with Crippen molar-refractivity contribution in [3.05, 3.63) is 29.8 Å². The second-order valence-electron chi connectivity index (χ2n) is 4.73. The van der Waals surface area contributed by atoms with Crippen molar-refractivity contribution >= 4 is 28.8 Å². The highest BCUT2D eigenvalue weighted by Crippen LogP contribution is 2.11. The molecule has 0 saturated carbocycles. The van der Waals surface area contributed by atoms with Gasteiger partial charge in [-0.05, 0) is 37.7 Å². The number of thiocarbonyl (C=S) groups is 1. The number of likely N-dealkylation sites (N-methyl/N-ethyl adjacent to an activating group) is 1. The topological polar surface area (TPSA) is 67.6 Å². The fraction of sp³-hybridized carbons (Fsp3) is 0.467. The molecule has 3 N–H and O–H groups in total. The zero-order valence-electron chi connectivity index (χ0n) is 12.8. The lowest BCUT2D eigenvalue weighted by molar-refractivity contribution is -0.120. The molecule has 1 unspecified atom stereocenters. The van der Waals surface area contributed by atoms with Gasteiger partial charge in [0.15, 0.2) is 0 Å². The Hall–Kier alpha value is -1.50. The number of nitrogens with zero attached hydrogens (tertiary/aromatic N) is 1. The van der Waals surface area contributed by atoms with E-state index in [2.05, 4.69) is 10.2 Å². The van der Waals surface area contributed by atoms with Crippen molar-refractivity contribution in [1.82, 2.24) is 4.90 Å². The molecule has 5 nitrogen and oxygen atoms in total. The van der Waals surface area contributed by atoms with Gasteiger partial charge in [-0.3, -0.25) is 9.69 Å². The molecule has 0 bridgehead atoms. The molecule has 0 aliphatic heterocycles. The molecule has 1 aromatic carbocycles. The number of nitrogens with one attached hydrogen (secondary N) is 1. The third-order valence-corrected chi connectivity index (χ3v) is 3.59. The van der Waals surface area contributed by atoms with Crippen LogP contribution in [-0.2, 0) is 9.53 Å². The van der Waals surface area contributed by atoms with Crippen molar-refractivity contribution < 1.29 is 9.53 Å². The van der Waals surface area contributed by atoms with E-state index in [0.29, 0.717) is 11.6 Å². The number of hydrogen-bond acceptors (Lipinski definition) is 4. The van der Waals surface area contributed by atoms with Gasteiger partial charge in [0.1, 0.15) is 4.99 Å². The quantitative estimate of drug-likeness (QED) is 0.714. The summed E-state index contributed by atoms with van der Waals surface area (Å²) < 4.78 is 5.06. The molecular weight excluding hydrogens is 286 g/mol. The number of nitrogens with two attached hydrogens (primary N) is 1. The summed E-state index contributed by atoms with van der Waals surface area (Å²) in [5, 5.41) is 2.89. The van der Waals surface area contributed by atoms with Gasteiger partial charge in [-0.1, -0.05) is 19.1 Å². The average molecular weight is 309 g/mol. The van der Waals surface area contributed by atoms with Crippen LogP contribution >= 0.6 is 12.2 Å². The van der Waals surface area contributed by atoms with Crippen LogP contribution in [0.25, 0.3) is 0 Å². The Morgan fingerprint density at radius 2 is 2.05 bits per heavy atom. The molecule has 116 valence electrons. The molecule has 1 atom stereocenters. The van der Waals surface area contributed by atoms with Crippen molar-refractivity contribution in [2.45, 2.75) is 19.9 Å². The Kier molecular flexibility index (Phi) is 7.28. The van der Waals surface area contributed by atoms with Gasteiger partial charge in [-0.15, -0.1) is 0 Å². The van der Waals surface area contributed by atoms with E-state index in [1.54, 1.807) is 31.4 Å². The fourth-order valence-electron chi connectivity index (χ4n) is 1.96. The Balaban J connectivity index is 2.64. The summed E-state index contributed by atoms with van der Waals surface area (Å²) in [7, 11) is 1.65. The summed E-state index contributed by atoms with van der Waals surface area (Å²) in [6, 6.07) is 6.96. The lowest BCUT2D eigenvalue weighted by Gasteiger charge is -2.26. The SMILES string of the molecule is CCN(CCOC)C(C)C(=O)Nc1ccc(C(N)=S)cc1. The van der Waals surface area contributed by atoms with E-state index < -0.39 is 0 Å². The maximum atomic E-state index is 12.3. The highest BCUT2D eigenvalue weighted by atomic mass is 32.1. The summed E-state index contributed by atoms with van der Waals surface area (Å²) in [4.78, 5) is 14.7. The smallest absolute Gasteiger partial charge is 0.241 e. The molecule has 6 heteroatoms. The van der Waals surface area contributed by atoms with Crippen LogP contribution < -0.4 is 11.1 Å². The minimum absolute atomic E-state index is 0.0453. The fourth-order valence-corrected chi connectivity index (χ4v) is 2.10. The zero-order valence-corrected chi connectivity index (χ0v) is 13.6. The lowest BCUT2D eigenvalue weighted by Crippen LogP contribution is -2.43. The van der Waals surface area contributed by atoms with Crippen LogP contribution in [0.2, 0.25) is 0 Å². The molecule has 0 aliphatic carbocycles. The Morgan fingerprint density at radius 3 is 2.52 bits per heavy atom. The van der Waals surface area contributed by atoms with E-state index in [1.165, 1.54) is 0 Å². The van der Waals surface area contributed by atoms with E-state index in [1.807, 2.05) is 13.8 Å². The maximum absolute atomic E-state index is 12.3. The average Bonchev–Trinajstić information content (AvgIpc) is 2.48. The standard InChI is InChI=1S/C15H23N3O2S/c1-4-18(9-10-20-3)11(2)15(19)17-13-7-5-12(6-8-13)14(16)21/h5-8,11H,4,9-10H2,1-3H3,(H2,16,21)(H,17,19). The minimum atomic E-state index is -0.222. The van der Waals surface area contributed by atoms with Crippen LogP contribution in [0, 0.1) is 0 Å². The first kappa shape index (κ1) is 17.6. The largest absolute Gasteiger partial charge is 0.389 e. The second kappa shape index (κ2) is 8.71. The molecule has 0 fully saturated rings. The van der Waals surface area contributed by atoms with Crippen LogP contribution in [-0.4, -0.2) is 48.6 Å². The molecule has 0 aromatic heterocycles. The monoisotopic (exact) mass is 309 g/mol. The first-order chi connectivity index (χ1) is 9.99. The Bertz CT molecular complexity index is 476. The summed E-state index contributed by atoms with van der Waals surface area (Å²) >= 11 is 4.90. The zero-order chi connectivity index (χ0) is 15.8. The number of rotatable bonds is 8. The number of amides is 1. The number of methoxy groups -OCH3 is 1. The number of hydrogen-bond donors (Lipinski definition) is 2. The van der Waals surface area contributed by atoms with Crippen LogP contribution in [0.5, 0.6) is 0 Å². The van der Waals surface area contributed by atoms with E-state index in [0.717, 1.165) is 24.3 Å².